The maximum absolute atomic E-state index is 5.79. The molecule has 0 spiro atoms. The van der Waals surface area contributed by atoms with Crippen molar-refractivity contribution in [2.75, 3.05) is 39.1 Å². The Morgan fingerprint density at radius 2 is 2.00 bits per heavy atom. The van der Waals surface area contributed by atoms with Gasteiger partial charge in [0, 0.05) is 18.8 Å². The maximum atomic E-state index is 5.79. The fourth-order valence-electron chi connectivity index (χ4n) is 2.28. The molecule has 2 rings (SSSR count). The van der Waals surface area contributed by atoms with E-state index >= 15 is 0 Å². The van der Waals surface area contributed by atoms with Crippen molar-refractivity contribution in [1.82, 2.24) is 4.90 Å². The van der Waals surface area contributed by atoms with Gasteiger partial charge in [0.05, 0.1) is 12.2 Å². The van der Waals surface area contributed by atoms with Gasteiger partial charge in [-0.1, -0.05) is 0 Å². The van der Waals surface area contributed by atoms with Crippen molar-refractivity contribution in [2.45, 2.75) is 32.0 Å². The standard InChI is InChI=1S/C16H26N2O2/c1-13-4-7-16(20-13)12-17-14-5-8-15(9-6-14)19-11-10-18(2)3/h5-6,8-9,13,16-17H,4,7,10-12H2,1-3H3. The van der Waals surface area contributed by atoms with Gasteiger partial charge in [-0.25, -0.2) is 0 Å². The zero-order valence-corrected chi connectivity index (χ0v) is 12.8. The van der Waals surface area contributed by atoms with Crippen LogP contribution in [0.1, 0.15) is 19.8 Å². The molecule has 20 heavy (non-hydrogen) atoms. The van der Waals surface area contributed by atoms with E-state index in [4.69, 9.17) is 9.47 Å². The fraction of sp³-hybridized carbons (Fsp3) is 0.625. The number of rotatable bonds is 7. The average molecular weight is 278 g/mol. The highest BCUT2D eigenvalue weighted by Crippen LogP contribution is 2.20. The summed E-state index contributed by atoms with van der Waals surface area (Å²) in [6, 6.07) is 8.14. The minimum Gasteiger partial charge on any atom is -0.492 e. The van der Waals surface area contributed by atoms with E-state index in [9.17, 15) is 0 Å². The van der Waals surface area contributed by atoms with E-state index in [1.54, 1.807) is 0 Å². The summed E-state index contributed by atoms with van der Waals surface area (Å²) >= 11 is 0. The monoisotopic (exact) mass is 278 g/mol. The zero-order chi connectivity index (χ0) is 14.4. The van der Waals surface area contributed by atoms with Crippen LogP contribution < -0.4 is 10.1 Å². The van der Waals surface area contributed by atoms with Crippen molar-refractivity contribution in [1.29, 1.82) is 0 Å². The Balaban J connectivity index is 1.71. The molecule has 0 bridgehead atoms. The summed E-state index contributed by atoms with van der Waals surface area (Å²) < 4.78 is 11.5. The van der Waals surface area contributed by atoms with Crippen molar-refractivity contribution < 1.29 is 9.47 Å². The number of nitrogens with zero attached hydrogens (tertiary/aromatic N) is 1. The lowest BCUT2D eigenvalue weighted by atomic mass is 10.2. The van der Waals surface area contributed by atoms with Gasteiger partial charge < -0.3 is 19.7 Å². The lowest BCUT2D eigenvalue weighted by Gasteiger charge is -2.14. The molecular weight excluding hydrogens is 252 g/mol. The Kier molecular flexibility index (Phi) is 5.68. The second-order valence-corrected chi connectivity index (χ2v) is 5.70. The minimum absolute atomic E-state index is 0.348. The second-order valence-electron chi connectivity index (χ2n) is 5.70. The quantitative estimate of drug-likeness (QED) is 0.831. The van der Waals surface area contributed by atoms with E-state index in [1.807, 2.05) is 26.2 Å². The van der Waals surface area contributed by atoms with E-state index < -0.39 is 0 Å². The first-order valence-corrected chi connectivity index (χ1v) is 7.40. The van der Waals surface area contributed by atoms with Crippen LogP contribution in [0.3, 0.4) is 0 Å². The summed E-state index contributed by atoms with van der Waals surface area (Å²) in [5.41, 5.74) is 1.12. The lowest BCUT2D eigenvalue weighted by Crippen LogP contribution is -2.20. The number of likely N-dealkylation sites (N-methyl/N-ethyl adjacent to an activating group) is 1. The molecule has 1 heterocycles. The molecule has 0 radical (unpaired) electrons. The first kappa shape index (κ1) is 15.1. The van der Waals surface area contributed by atoms with Gasteiger partial charge >= 0.3 is 0 Å². The number of nitrogens with one attached hydrogen (secondary N) is 1. The van der Waals surface area contributed by atoms with E-state index in [1.165, 1.54) is 6.42 Å². The largest absolute Gasteiger partial charge is 0.492 e. The SMILES string of the molecule is CC1CCC(CNc2ccc(OCCN(C)C)cc2)O1. The smallest absolute Gasteiger partial charge is 0.119 e. The summed E-state index contributed by atoms with van der Waals surface area (Å²) in [6.07, 6.45) is 3.08. The Morgan fingerprint density at radius 3 is 2.60 bits per heavy atom. The van der Waals surface area contributed by atoms with Crippen LogP contribution in [0.2, 0.25) is 0 Å². The van der Waals surface area contributed by atoms with Crippen molar-refractivity contribution in [3.8, 4) is 5.75 Å². The van der Waals surface area contributed by atoms with Crippen molar-refractivity contribution in [3.63, 3.8) is 0 Å². The first-order chi connectivity index (χ1) is 9.63. The van der Waals surface area contributed by atoms with Gasteiger partial charge in [0.15, 0.2) is 0 Å². The van der Waals surface area contributed by atoms with Crippen LogP contribution in [-0.2, 0) is 4.74 Å². The molecule has 0 amide bonds. The van der Waals surface area contributed by atoms with E-state index in [0.717, 1.165) is 30.9 Å². The third-order valence-electron chi connectivity index (χ3n) is 3.52. The van der Waals surface area contributed by atoms with Gasteiger partial charge in [-0.3, -0.25) is 0 Å². The van der Waals surface area contributed by atoms with Crippen molar-refractivity contribution in [3.05, 3.63) is 24.3 Å². The highest BCUT2D eigenvalue weighted by Gasteiger charge is 2.21. The van der Waals surface area contributed by atoms with Gasteiger partial charge in [-0.15, -0.1) is 0 Å². The Bertz CT molecular complexity index is 392. The summed E-state index contributed by atoms with van der Waals surface area (Å²) in [4.78, 5) is 2.11. The lowest BCUT2D eigenvalue weighted by molar-refractivity contribution is 0.0637. The Morgan fingerprint density at radius 1 is 1.25 bits per heavy atom. The molecule has 1 N–H and O–H groups in total. The molecule has 0 saturated carbocycles. The Labute approximate surface area is 122 Å². The highest BCUT2D eigenvalue weighted by atomic mass is 16.5. The molecule has 4 heteroatoms. The fourth-order valence-corrected chi connectivity index (χ4v) is 2.28. The minimum atomic E-state index is 0.348. The summed E-state index contributed by atoms with van der Waals surface area (Å²) in [5.74, 6) is 0.920. The maximum Gasteiger partial charge on any atom is 0.119 e. The number of ether oxygens (including phenoxy) is 2. The molecule has 1 aliphatic heterocycles. The van der Waals surface area contributed by atoms with Crippen LogP contribution in [0, 0.1) is 0 Å². The van der Waals surface area contributed by atoms with Gasteiger partial charge in [-0.2, -0.15) is 0 Å². The normalized spacial score (nSPS) is 22.2. The molecule has 0 aliphatic carbocycles. The molecule has 1 saturated heterocycles. The first-order valence-electron chi connectivity index (χ1n) is 7.40. The van der Waals surface area contributed by atoms with Crippen LogP contribution in [0.4, 0.5) is 5.69 Å². The Hall–Kier alpha value is -1.26. The van der Waals surface area contributed by atoms with Gasteiger partial charge in [-0.05, 0) is 58.1 Å². The molecule has 112 valence electrons. The zero-order valence-electron chi connectivity index (χ0n) is 12.8. The second kappa shape index (κ2) is 7.50. The predicted octanol–water partition coefficient (Wildman–Crippen LogP) is 2.61. The van der Waals surface area contributed by atoms with Crippen LogP contribution in [0.25, 0.3) is 0 Å². The number of anilines is 1. The average Bonchev–Trinajstić information content (AvgIpc) is 2.83. The van der Waals surface area contributed by atoms with Crippen LogP contribution in [-0.4, -0.2) is 50.9 Å². The molecule has 1 fully saturated rings. The molecule has 4 nitrogen and oxygen atoms in total. The summed E-state index contributed by atoms with van der Waals surface area (Å²) in [7, 11) is 4.09. The van der Waals surface area contributed by atoms with E-state index in [-0.39, 0.29) is 0 Å². The number of hydrogen-bond acceptors (Lipinski definition) is 4. The predicted molar refractivity (Wildman–Crippen MR) is 82.5 cm³/mol. The summed E-state index contributed by atoms with van der Waals surface area (Å²) in [6.45, 7) is 4.66. The molecule has 2 unspecified atom stereocenters. The van der Waals surface area contributed by atoms with Crippen molar-refractivity contribution >= 4 is 5.69 Å². The van der Waals surface area contributed by atoms with Gasteiger partial charge in [0.2, 0.25) is 0 Å². The van der Waals surface area contributed by atoms with Crippen LogP contribution >= 0.6 is 0 Å². The summed E-state index contributed by atoms with van der Waals surface area (Å²) in [5, 5.41) is 3.42. The topological polar surface area (TPSA) is 33.7 Å². The molecule has 1 aromatic carbocycles. The molecule has 1 aliphatic rings. The van der Waals surface area contributed by atoms with Crippen LogP contribution in [0.5, 0.6) is 5.75 Å². The number of hydrogen-bond donors (Lipinski definition) is 1. The molecular formula is C16H26N2O2. The third kappa shape index (κ3) is 5.02. The third-order valence-corrected chi connectivity index (χ3v) is 3.52. The van der Waals surface area contributed by atoms with Crippen molar-refractivity contribution in [2.24, 2.45) is 0 Å². The van der Waals surface area contributed by atoms with Gasteiger partial charge in [0.1, 0.15) is 12.4 Å². The molecule has 2 atom stereocenters. The highest BCUT2D eigenvalue weighted by molar-refractivity contribution is 5.46. The van der Waals surface area contributed by atoms with Crippen LogP contribution in [0.15, 0.2) is 24.3 Å². The molecule has 1 aromatic rings. The number of benzene rings is 1. The molecule has 0 aromatic heterocycles. The van der Waals surface area contributed by atoms with Gasteiger partial charge in [0.25, 0.3) is 0 Å². The van der Waals surface area contributed by atoms with E-state index in [2.05, 4.69) is 29.3 Å². The van der Waals surface area contributed by atoms with E-state index in [0.29, 0.717) is 18.8 Å².